The summed E-state index contributed by atoms with van der Waals surface area (Å²) in [5, 5.41) is 2.09. The molecule has 0 N–H and O–H groups in total. The van der Waals surface area contributed by atoms with Crippen molar-refractivity contribution in [1.29, 1.82) is 0 Å². The van der Waals surface area contributed by atoms with Gasteiger partial charge in [0.25, 0.3) is 0 Å². The van der Waals surface area contributed by atoms with Gasteiger partial charge in [0.1, 0.15) is 5.82 Å². The third-order valence-electron chi connectivity index (χ3n) is 4.48. The van der Waals surface area contributed by atoms with Gasteiger partial charge in [-0.2, -0.15) is 0 Å². The molecule has 0 aliphatic rings. The Labute approximate surface area is 179 Å². The normalized spacial score (nSPS) is 12.5. The van der Waals surface area contributed by atoms with Gasteiger partial charge >= 0.3 is 0 Å². The minimum absolute atomic E-state index is 0.273. The third kappa shape index (κ3) is 4.49. The van der Waals surface area contributed by atoms with Gasteiger partial charge in [0.05, 0.1) is 22.5 Å². The molecule has 0 fully saturated rings. The minimum atomic E-state index is -3.48. The number of sulfonamides is 1. The number of benzene rings is 1. The summed E-state index contributed by atoms with van der Waals surface area (Å²) in [6, 6.07) is 7.35. The standard InChI is InChI=1S/C19H25BrN4O2S2/c1-5-8-24-18-7-6-16(28(25,26)22(2)3)10-17(18)21-19(24)12-23(4)11-15-9-14(20)13-27-15/h6-7,9-10,13H,5,8,11-12H2,1-4H3. The van der Waals surface area contributed by atoms with Crippen LogP contribution in [0.2, 0.25) is 0 Å². The summed E-state index contributed by atoms with van der Waals surface area (Å²) in [6.07, 6.45) is 0.984. The van der Waals surface area contributed by atoms with Crippen LogP contribution < -0.4 is 0 Å². The average molecular weight is 485 g/mol. The van der Waals surface area contributed by atoms with Crippen LogP contribution in [0.25, 0.3) is 11.0 Å². The number of nitrogens with zero attached hydrogens (tertiary/aromatic N) is 4. The zero-order valence-electron chi connectivity index (χ0n) is 16.5. The summed E-state index contributed by atoms with van der Waals surface area (Å²) >= 11 is 5.23. The smallest absolute Gasteiger partial charge is 0.242 e. The Balaban J connectivity index is 1.93. The lowest BCUT2D eigenvalue weighted by molar-refractivity contribution is 0.308. The second kappa shape index (κ2) is 8.62. The highest BCUT2D eigenvalue weighted by Gasteiger charge is 2.20. The first kappa shape index (κ1) is 21.4. The van der Waals surface area contributed by atoms with Crippen molar-refractivity contribution in [1.82, 2.24) is 18.8 Å². The first-order chi connectivity index (χ1) is 13.2. The summed E-state index contributed by atoms with van der Waals surface area (Å²) in [4.78, 5) is 8.57. The predicted molar refractivity (Wildman–Crippen MR) is 118 cm³/mol. The van der Waals surface area contributed by atoms with Crippen LogP contribution in [0.4, 0.5) is 0 Å². The molecule has 28 heavy (non-hydrogen) atoms. The monoisotopic (exact) mass is 484 g/mol. The average Bonchev–Trinajstić information content (AvgIpc) is 3.18. The van der Waals surface area contributed by atoms with Gasteiger partial charge in [-0.05, 0) is 53.7 Å². The molecule has 0 radical (unpaired) electrons. The van der Waals surface area contributed by atoms with E-state index in [1.54, 1.807) is 37.6 Å². The van der Waals surface area contributed by atoms with Crippen LogP contribution in [-0.4, -0.2) is 48.3 Å². The molecule has 3 aromatic rings. The molecule has 3 rings (SSSR count). The van der Waals surface area contributed by atoms with E-state index in [4.69, 9.17) is 4.98 Å². The van der Waals surface area contributed by atoms with E-state index in [0.717, 1.165) is 40.8 Å². The molecule has 152 valence electrons. The highest BCUT2D eigenvalue weighted by Crippen LogP contribution is 2.24. The van der Waals surface area contributed by atoms with Crippen LogP contribution in [0.3, 0.4) is 0 Å². The molecule has 0 aliphatic carbocycles. The van der Waals surface area contributed by atoms with E-state index in [0.29, 0.717) is 6.54 Å². The van der Waals surface area contributed by atoms with Crippen molar-refractivity contribution in [3.8, 4) is 0 Å². The first-order valence-electron chi connectivity index (χ1n) is 9.05. The van der Waals surface area contributed by atoms with E-state index in [1.807, 2.05) is 6.07 Å². The minimum Gasteiger partial charge on any atom is -0.327 e. The maximum Gasteiger partial charge on any atom is 0.242 e. The van der Waals surface area contributed by atoms with Gasteiger partial charge in [0.15, 0.2) is 0 Å². The topological polar surface area (TPSA) is 58.4 Å². The van der Waals surface area contributed by atoms with Crippen LogP contribution in [0.5, 0.6) is 0 Å². The van der Waals surface area contributed by atoms with Gasteiger partial charge < -0.3 is 4.57 Å². The van der Waals surface area contributed by atoms with Crippen molar-refractivity contribution in [2.24, 2.45) is 0 Å². The maximum absolute atomic E-state index is 12.5. The highest BCUT2D eigenvalue weighted by atomic mass is 79.9. The molecule has 0 amide bonds. The molecular weight excluding hydrogens is 460 g/mol. The molecule has 0 atom stereocenters. The summed E-state index contributed by atoms with van der Waals surface area (Å²) < 4.78 is 29.4. The van der Waals surface area contributed by atoms with Crippen molar-refractivity contribution < 1.29 is 8.42 Å². The Bertz CT molecular complexity index is 1070. The van der Waals surface area contributed by atoms with E-state index in [-0.39, 0.29) is 4.90 Å². The van der Waals surface area contributed by atoms with Crippen LogP contribution in [0.15, 0.2) is 39.0 Å². The molecule has 1 aromatic carbocycles. The zero-order valence-corrected chi connectivity index (χ0v) is 19.7. The Morgan fingerprint density at radius 2 is 1.93 bits per heavy atom. The molecular formula is C19H25BrN4O2S2. The Morgan fingerprint density at radius 3 is 2.54 bits per heavy atom. The molecule has 0 unspecified atom stereocenters. The molecule has 6 nitrogen and oxygen atoms in total. The molecule has 0 bridgehead atoms. The van der Waals surface area contributed by atoms with E-state index in [2.05, 4.69) is 50.8 Å². The Hall–Kier alpha value is -1.26. The lowest BCUT2D eigenvalue weighted by Gasteiger charge is -2.16. The molecule has 0 aliphatic heterocycles. The first-order valence-corrected chi connectivity index (χ1v) is 12.2. The summed E-state index contributed by atoms with van der Waals surface area (Å²) in [7, 11) is 1.68. The van der Waals surface area contributed by atoms with Crippen LogP contribution in [0, 0.1) is 0 Å². The molecule has 9 heteroatoms. The van der Waals surface area contributed by atoms with Gasteiger partial charge in [0.2, 0.25) is 10.0 Å². The van der Waals surface area contributed by atoms with E-state index >= 15 is 0 Å². The van der Waals surface area contributed by atoms with E-state index in [1.165, 1.54) is 9.18 Å². The number of thiophene rings is 1. The maximum atomic E-state index is 12.5. The molecule has 2 heterocycles. The van der Waals surface area contributed by atoms with E-state index in [9.17, 15) is 8.42 Å². The highest BCUT2D eigenvalue weighted by molar-refractivity contribution is 9.10. The number of imidazole rings is 1. The van der Waals surface area contributed by atoms with Crippen LogP contribution in [-0.2, 0) is 29.7 Å². The lowest BCUT2D eigenvalue weighted by atomic mass is 10.3. The van der Waals surface area contributed by atoms with Crippen molar-refractivity contribution in [3.63, 3.8) is 0 Å². The van der Waals surface area contributed by atoms with Gasteiger partial charge in [-0.25, -0.2) is 17.7 Å². The third-order valence-corrected chi connectivity index (χ3v) is 7.98. The fourth-order valence-corrected chi connectivity index (χ4v) is 5.58. The fourth-order valence-electron chi connectivity index (χ4n) is 3.12. The number of rotatable bonds is 8. The summed E-state index contributed by atoms with van der Waals surface area (Å²) in [6.45, 7) is 4.52. The van der Waals surface area contributed by atoms with Gasteiger partial charge in [0, 0.05) is 41.9 Å². The number of fused-ring (bicyclic) bond motifs is 1. The van der Waals surface area contributed by atoms with Gasteiger partial charge in [-0.3, -0.25) is 4.90 Å². The predicted octanol–water partition coefficient (Wildman–Crippen LogP) is 4.15. The number of aromatic nitrogens is 2. The number of aryl methyl sites for hydroxylation is 1. The largest absolute Gasteiger partial charge is 0.327 e. The second-order valence-electron chi connectivity index (χ2n) is 7.02. The number of hydrogen-bond acceptors (Lipinski definition) is 5. The molecule has 2 aromatic heterocycles. The summed E-state index contributed by atoms with van der Waals surface area (Å²) in [5.41, 5.74) is 1.69. The fraction of sp³-hybridized carbons (Fsp3) is 0.421. The van der Waals surface area contributed by atoms with Crippen LogP contribution >= 0.6 is 27.3 Å². The lowest BCUT2D eigenvalue weighted by Crippen LogP contribution is -2.22. The van der Waals surface area contributed by atoms with Crippen molar-refractivity contribution >= 4 is 48.3 Å². The van der Waals surface area contributed by atoms with Crippen LogP contribution in [0.1, 0.15) is 24.0 Å². The van der Waals surface area contributed by atoms with Gasteiger partial charge in [-0.1, -0.05) is 6.92 Å². The number of hydrogen-bond donors (Lipinski definition) is 0. The molecule has 0 spiro atoms. The molecule has 0 saturated carbocycles. The van der Waals surface area contributed by atoms with Crippen molar-refractivity contribution in [2.45, 2.75) is 37.9 Å². The Morgan fingerprint density at radius 1 is 1.18 bits per heavy atom. The van der Waals surface area contributed by atoms with Crippen molar-refractivity contribution in [3.05, 3.63) is 44.8 Å². The molecule has 0 saturated heterocycles. The quantitative estimate of drug-likeness (QED) is 0.481. The van der Waals surface area contributed by atoms with Gasteiger partial charge in [-0.15, -0.1) is 11.3 Å². The van der Waals surface area contributed by atoms with Crippen molar-refractivity contribution in [2.75, 3.05) is 21.1 Å². The van der Waals surface area contributed by atoms with E-state index < -0.39 is 10.0 Å². The second-order valence-corrected chi connectivity index (χ2v) is 11.1. The number of halogens is 1. The SMILES string of the molecule is CCCn1c(CN(C)Cc2cc(Br)cs2)nc2cc(S(=O)(=O)N(C)C)ccc21. The Kier molecular flexibility index (Phi) is 6.61. The zero-order chi connectivity index (χ0) is 20.5. The summed E-state index contributed by atoms with van der Waals surface area (Å²) in [5.74, 6) is 0.953.